The molecule has 3 rings (SSSR count). The highest BCUT2D eigenvalue weighted by Crippen LogP contribution is 2.24. The number of aromatic nitrogens is 1. The molecule has 1 fully saturated rings. The van der Waals surface area contributed by atoms with Crippen LogP contribution >= 0.6 is 35.3 Å². The van der Waals surface area contributed by atoms with Gasteiger partial charge in [0, 0.05) is 12.6 Å². The average Bonchev–Trinajstić information content (AvgIpc) is 3.12. The molecule has 1 aromatic heterocycles. The molecule has 7 heteroatoms. The minimum atomic E-state index is 0. The van der Waals surface area contributed by atoms with Crippen LogP contribution in [-0.4, -0.2) is 30.1 Å². The number of fused-ring (bicyclic) bond motifs is 1. The largest absolute Gasteiger partial charge is 0.370 e. The number of rotatable bonds is 5. The topological polar surface area (TPSA) is 75.3 Å². The van der Waals surface area contributed by atoms with Gasteiger partial charge >= 0.3 is 0 Å². The van der Waals surface area contributed by atoms with Gasteiger partial charge in [-0.15, -0.1) is 24.0 Å². The lowest BCUT2D eigenvalue weighted by Crippen LogP contribution is -2.38. The summed E-state index contributed by atoms with van der Waals surface area (Å²) in [6.45, 7) is 1.40. The van der Waals surface area contributed by atoms with Crippen molar-refractivity contribution in [1.82, 2.24) is 10.3 Å². The van der Waals surface area contributed by atoms with Crippen molar-refractivity contribution < 1.29 is 0 Å². The van der Waals surface area contributed by atoms with Gasteiger partial charge in [-0.3, -0.25) is 4.99 Å². The van der Waals surface area contributed by atoms with Gasteiger partial charge in [0.25, 0.3) is 0 Å². The number of anilines is 1. The van der Waals surface area contributed by atoms with E-state index < -0.39 is 0 Å². The number of benzene rings is 1. The third kappa shape index (κ3) is 4.70. The Kier molecular flexibility index (Phi) is 6.69. The molecule has 1 heterocycles. The summed E-state index contributed by atoms with van der Waals surface area (Å²) in [4.78, 5) is 8.88. The molecular weight excluding hydrogens is 409 g/mol. The molecule has 0 atom stereocenters. The van der Waals surface area contributed by atoms with E-state index in [-0.39, 0.29) is 24.0 Å². The van der Waals surface area contributed by atoms with E-state index in [0.29, 0.717) is 18.5 Å². The summed E-state index contributed by atoms with van der Waals surface area (Å²) in [6, 6.07) is 8.67. The van der Waals surface area contributed by atoms with Crippen molar-refractivity contribution in [3.63, 3.8) is 0 Å². The number of nitrogens with two attached hydrogens (primary N) is 1. The van der Waals surface area contributed by atoms with Crippen LogP contribution in [0.25, 0.3) is 10.2 Å². The molecular formula is C15H22IN5S. The lowest BCUT2D eigenvalue weighted by molar-refractivity contribution is 0.625. The number of guanidine groups is 1. The van der Waals surface area contributed by atoms with Crippen molar-refractivity contribution >= 4 is 56.6 Å². The lowest BCUT2D eigenvalue weighted by Gasteiger charge is -2.12. The molecule has 0 bridgehead atoms. The molecule has 0 unspecified atom stereocenters. The fraction of sp³-hybridized carbons (Fsp3) is 0.467. The number of thiazole rings is 1. The van der Waals surface area contributed by atoms with Gasteiger partial charge in [-0.2, -0.15) is 0 Å². The molecule has 0 spiro atoms. The Morgan fingerprint density at radius 2 is 2.09 bits per heavy atom. The van der Waals surface area contributed by atoms with Crippen molar-refractivity contribution in [1.29, 1.82) is 0 Å². The van der Waals surface area contributed by atoms with Crippen molar-refractivity contribution in [2.75, 3.05) is 18.4 Å². The van der Waals surface area contributed by atoms with Crippen molar-refractivity contribution in [2.45, 2.75) is 31.7 Å². The number of nitrogens with zero attached hydrogens (tertiary/aromatic N) is 2. The van der Waals surface area contributed by atoms with Crippen LogP contribution < -0.4 is 16.4 Å². The first kappa shape index (κ1) is 17.3. The predicted molar refractivity (Wildman–Crippen MR) is 105 cm³/mol. The number of aliphatic imine (C=N–C) groups is 1. The maximum absolute atomic E-state index is 5.89. The van der Waals surface area contributed by atoms with E-state index in [0.717, 1.165) is 17.2 Å². The summed E-state index contributed by atoms with van der Waals surface area (Å²) in [5.41, 5.74) is 6.93. The normalized spacial score (nSPS) is 15.7. The van der Waals surface area contributed by atoms with Crippen LogP contribution in [0.4, 0.5) is 5.13 Å². The van der Waals surface area contributed by atoms with Gasteiger partial charge in [0.05, 0.1) is 16.8 Å². The maximum atomic E-state index is 5.89. The fourth-order valence-electron chi connectivity index (χ4n) is 2.61. The Labute approximate surface area is 151 Å². The highest BCUT2D eigenvalue weighted by molar-refractivity contribution is 14.0. The Bertz CT molecular complexity index is 588. The Morgan fingerprint density at radius 1 is 1.32 bits per heavy atom. The standard InChI is InChI=1S/C15H21N5S.HI/c16-14(19-11-5-1-2-6-11)17-9-10-18-15-20-12-7-3-4-8-13(12)21-15;/h3-4,7-8,11H,1-2,5-6,9-10H2,(H,18,20)(H3,16,17,19);1H. The number of halogens is 1. The number of hydrogen-bond acceptors (Lipinski definition) is 4. The van der Waals surface area contributed by atoms with E-state index in [1.54, 1.807) is 11.3 Å². The second-order valence-corrected chi connectivity index (χ2v) is 6.34. The summed E-state index contributed by atoms with van der Waals surface area (Å²) in [7, 11) is 0. The van der Waals surface area contributed by atoms with Gasteiger partial charge in [-0.1, -0.05) is 36.3 Å². The molecule has 4 N–H and O–H groups in total. The summed E-state index contributed by atoms with van der Waals surface area (Å²) in [5.74, 6) is 0.563. The minimum Gasteiger partial charge on any atom is -0.370 e. The summed E-state index contributed by atoms with van der Waals surface area (Å²) >= 11 is 1.66. The molecule has 0 aliphatic heterocycles. The Balaban J connectivity index is 0.00000176. The number of nitrogens with one attached hydrogen (secondary N) is 2. The first-order chi connectivity index (χ1) is 10.3. The zero-order valence-electron chi connectivity index (χ0n) is 12.4. The SMILES string of the molecule is I.NC(=NCCNc1nc2ccccc2s1)NC1CCCC1. The van der Waals surface area contributed by atoms with Gasteiger partial charge in [0.2, 0.25) is 0 Å². The summed E-state index contributed by atoms with van der Waals surface area (Å²) in [6.07, 6.45) is 5.01. The van der Waals surface area contributed by atoms with E-state index >= 15 is 0 Å². The van der Waals surface area contributed by atoms with Gasteiger partial charge in [0.1, 0.15) is 0 Å². The van der Waals surface area contributed by atoms with Crippen LogP contribution in [0.2, 0.25) is 0 Å². The predicted octanol–water partition coefficient (Wildman–Crippen LogP) is 3.17. The van der Waals surface area contributed by atoms with Gasteiger partial charge in [-0.25, -0.2) is 4.98 Å². The van der Waals surface area contributed by atoms with Gasteiger partial charge in [-0.05, 0) is 25.0 Å². The summed E-state index contributed by atoms with van der Waals surface area (Å²) in [5, 5.41) is 7.52. The smallest absolute Gasteiger partial charge is 0.188 e. The molecule has 22 heavy (non-hydrogen) atoms. The van der Waals surface area contributed by atoms with Crippen molar-refractivity contribution in [2.24, 2.45) is 10.7 Å². The Morgan fingerprint density at radius 3 is 2.86 bits per heavy atom. The van der Waals surface area contributed by atoms with Crippen LogP contribution in [0.15, 0.2) is 29.3 Å². The molecule has 1 aliphatic carbocycles. The maximum Gasteiger partial charge on any atom is 0.188 e. The fourth-order valence-corrected chi connectivity index (χ4v) is 3.50. The third-order valence-electron chi connectivity index (χ3n) is 3.67. The first-order valence-electron chi connectivity index (χ1n) is 7.47. The second kappa shape index (κ2) is 8.52. The van der Waals surface area contributed by atoms with Crippen LogP contribution in [-0.2, 0) is 0 Å². The molecule has 5 nitrogen and oxygen atoms in total. The number of para-hydroxylation sites is 1. The third-order valence-corrected chi connectivity index (χ3v) is 4.67. The van der Waals surface area contributed by atoms with Crippen molar-refractivity contribution in [3.8, 4) is 0 Å². The van der Waals surface area contributed by atoms with Gasteiger partial charge < -0.3 is 16.4 Å². The average molecular weight is 431 g/mol. The molecule has 0 saturated heterocycles. The molecule has 1 aliphatic rings. The van der Waals surface area contributed by atoms with E-state index in [9.17, 15) is 0 Å². The molecule has 1 aromatic carbocycles. The van der Waals surface area contributed by atoms with Crippen molar-refractivity contribution in [3.05, 3.63) is 24.3 Å². The highest BCUT2D eigenvalue weighted by atomic mass is 127. The van der Waals surface area contributed by atoms with E-state index in [4.69, 9.17) is 5.73 Å². The zero-order chi connectivity index (χ0) is 14.5. The van der Waals surface area contributed by atoms with E-state index in [1.165, 1.54) is 30.4 Å². The quantitative estimate of drug-likeness (QED) is 0.294. The monoisotopic (exact) mass is 431 g/mol. The Hall–Kier alpha value is -1.09. The molecule has 1 saturated carbocycles. The second-order valence-electron chi connectivity index (χ2n) is 5.31. The first-order valence-corrected chi connectivity index (χ1v) is 8.29. The molecule has 120 valence electrons. The molecule has 2 aromatic rings. The van der Waals surface area contributed by atoms with Crippen LogP contribution in [0.1, 0.15) is 25.7 Å². The minimum absolute atomic E-state index is 0. The van der Waals surface area contributed by atoms with Crippen LogP contribution in [0.3, 0.4) is 0 Å². The van der Waals surface area contributed by atoms with Gasteiger partial charge in [0.15, 0.2) is 11.1 Å². The van der Waals surface area contributed by atoms with E-state index in [1.807, 2.05) is 18.2 Å². The zero-order valence-corrected chi connectivity index (χ0v) is 15.6. The number of hydrogen-bond donors (Lipinski definition) is 3. The van der Waals surface area contributed by atoms with Crippen LogP contribution in [0.5, 0.6) is 0 Å². The molecule has 0 amide bonds. The molecule has 0 radical (unpaired) electrons. The lowest BCUT2D eigenvalue weighted by atomic mass is 10.2. The van der Waals surface area contributed by atoms with E-state index in [2.05, 4.69) is 26.7 Å². The van der Waals surface area contributed by atoms with Crippen LogP contribution in [0, 0.1) is 0 Å². The highest BCUT2D eigenvalue weighted by Gasteiger charge is 2.14. The summed E-state index contributed by atoms with van der Waals surface area (Å²) < 4.78 is 1.20.